The summed E-state index contributed by atoms with van der Waals surface area (Å²) in [6.45, 7) is 4.95. The van der Waals surface area contributed by atoms with E-state index in [9.17, 15) is 9.59 Å². The van der Waals surface area contributed by atoms with E-state index in [1.807, 2.05) is 61.5 Å². The molecule has 1 atom stereocenters. The standard InChI is InChI=1S/C28H29N5O4/c1-20-8-5-6-11-22(20)26-30-25(37-31-26)19-32-13-15-33(16-14-32)28(35)23(18-21-9-3-2-4-10-21)29-27(34)24-12-7-17-36-24/h2-12,17,23H,13-16,18-19H2,1H3,(H,29,34). The second-order valence-electron chi connectivity index (χ2n) is 9.12. The molecule has 0 saturated carbocycles. The minimum absolute atomic E-state index is 0.108. The Hall–Kier alpha value is -4.24. The molecule has 2 amide bonds. The van der Waals surface area contributed by atoms with E-state index in [2.05, 4.69) is 20.4 Å². The number of nitrogens with one attached hydrogen (secondary N) is 1. The number of aromatic nitrogens is 2. The highest BCUT2D eigenvalue weighted by Crippen LogP contribution is 2.20. The minimum Gasteiger partial charge on any atom is -0.459 e. The molecule has 2 aromatic heterocycles. The summed E-state index contributed by atoms with van der Waals surface area (Å²) in [5.41, 5.74) is 3.01. The topological polar surface area (TPSA) is 105 Å². The fourth-order valence-corrected chi connectivity index (χ4v) is 4.48. The second-order valence-corrected chi connectivity index (χ2v) is 9.12. The third kappa shape index (κ3) is 5.95. The normalized spacial score (nSPS) is 14.9. The van der Waals surface area contributed by atoms with Gasteiger partial charge in [-0.05, 0) is 30.2 Å². The molecule has 1 aliphatic heterocycles. The lowest BCUT2D eigenvalue weighted by molar-refractivity contribution is -0.135. The predicted octanol–water partition coefficient (Wildman–Crippen LogP) is 3.32. The maximum atomic E-state index is 13.5. The molecule has 190 valence electrons. The van der Waals surface area contributed by atoms with Crippen LogP contribution in [0.25, 0.3) is 11.4 Å². The van der Waals surface area contributed by atoms with Gasteiger partial charge in [0.1, 0.15) is 6.04 Å². The van der Waals surface area contributed by atoms with Gasteiger partial charge in [-0.1, -0.05) is 59.8 Å². The van der Waals surface area contributed by atoms with E-state index in [0.29, 0.717) is 50.9 Å². The van der Waals surface area contributed by atoms with E-state index < -0.39 is 11.9 Å². The molecule has 1 fully saturated rings. The average molecular weight is 500 g/mol. The summed E-state index contributed by atoms with van der Waals surface area (Å²) in [5, 5.41) is 7.01. The molecule has 37 heavy (non-hydrogen) atoms. The highest BCUT2D eigenvalue weighted by molar-refractivity contribution is 5.95. The Morgan fingerprint density at radius 2 is 1.73 bits per heavy atom. The van der Waals surface area contributed by atoms with E-state index in [-0.39, 0.29) is 11.7 Å². The maximum Gasteiger partial charge on any atom is 0.287 e. The first-order valence-corrected chi connectivity index (χ1v) is 12.3. The van der Waals surface area contributed by atoms with Gasteiger partial charge in [0.25, 0.3) is 5.91 Å². The lowest BCUT2D eigenvalue weighted by atomic mass is 10.0. The van der Waals surface area contributed by atoms with Gasteiger partial charge in [-0.2, -0.15) is 4.98 Å². The first-order valence-electron chi connectivity index (χ1n) is 12.3. The molecule has 1 N–H and O–H groups in total. The summed E-state index contributed by atoms with van der Waals surface area (Å²) < 4.78 is 10.7. The number of amides is 2. The first kappa shape index (κ1) is 24.5. The Balaban J connectivity index is 1.20. The number of piperazine rings is 1. The lowest BCUT2D eigenvalue weighted by Gasteiger charge is -2.36. The Bertz CT molecular complexity index is 1330. The van der Waals surface area contributed by atoms with Crippen LogP contribution in [0.2, 0.25) is 0 Å². The summed E-state index contributed by atoms with van der Waals surface area (Å²) in [5.74, 6) is 0.797. The smallest absolute Gasteiger partial charge is 0.287 e. The van der Waals surface area contributed by atoms with Crippen molar-refractivity contribution in [3.05, 3.63) is 95.8 Å². The van der Waals surface area contributed by atoms with E-state index in [1.165, 1.54) is 6.26 Å². The van der Waals surface area contributed by atoms with Crippen molar-refractivity contribution in [3.8, 4) is 11.4 Å². The van der Waals surface area contributed by atoms with E-state index in [1.54, 1.807) is 17.0 Å². The largest absolute Gasteiger partial charge is 0.459 e. The Morgan fingerprint density at radius 3 is 2.46 bits per heavy atom. The fraction of sp³-hybridized carbons (Fsp3) is 0.286. The molecule has 5 rings (SSSR count). The van der Waals surface area contributed by atoms with Gasteiger partial charge in [0, 0.05) is 38.2 Å². The monoisotopic (exact) mass is 499 g/mol. The number of carbonyl (C=O) groups is 2. The van der Waals surface area contributed by atoms with Crippen molar-refractivity contribution in [2.24, 2.45) is 0 Å². The number of hydrogen-bond acceptors (Lipinski definition) is 7. The summed E-state index contributed by atoms with van der Waals surface area (Å²) in [6, 6.07) is 20.1. The van der Waals surface area contributed by atoms with Gasteiger partial charge >= 0.3 is 0 Å². The van der Waals surface area contributed by atoms with Crippen molar-refractivity contribution < 1.29 is 18.5 Å². The molecule has 0 spiro atoms. The third-order valence-electron chi connectivity index (χ3n) is 6.53. The van der Waals surface area contributed by atoms with Crippen molar-refractivity contribution in [1.29, 1.82) is 0 Å². The lowest BCUT2D eigenvalue weighted by Crippen LogP contribution is -2.55. The van der Waals surface area contributed by atoms with Crippen molar-refractivity contribution in [2.45, 2.75) is 25.9 Å². The Kier molecular flexibility index (Phi) is 7.41. The van der Waals surface area contributed by atoms with Crippen LogP contribution in [-0.2, 0) is 17.8 Å². The van der Waals surface area contributed by atoms with Gasteiger partial charge in [0.15, 0.2) is 5.76 Å². The van der Waals surface area contributed by atoms with Crippen molar-refractivity contribution in [1.82, 2.24) is 25.3 Å². The van der Waals surface area contributed by atoms with E-state index >= 15 is 0 Å². The number of rotatable bonds is 8. The number of hydrogen-bond donors (Lipinski definition) is 1. The molecule has 1 saturated heterocycles. The van der Waals surface area contributed by atoms with Crippen LogP contribution in [0.1, 0.15) is 27.6 Å². The van der Waals surface area contributed by atoms with Gasteiger partial charge in [-0.15, -0.1) is 0 Å². The molecule has 4 aromatic rings. The number of benzene rings is 2. The average Bonchev–Trinajstić information content (AvgIpc) is 3.62. The molecule has 1 aliphatic rings. The molecule has 0 bridgehead atoms. The van der Waals surface area contributed by atoms with Crippen LogP contribution in [0.5, 0.6) is 0 Å². The maximum absolute atomic E-state index is 13.5. The molecule has 0 aliphatic carbocycles. The number of nitrogens with zero attached hydrogens (tertiary/aromatic N) is 4. The fourth-order valence-electron chi connectivity index (χ4n) is 4.48. The zero-order chi connectivity index (χ0) is 25.6. The molecule has 9 heteroatoms. The van der Waals surface area contributed by atoms with E-state index in [4.69, 9.17) is 8.94 Å². The van der Waals surface area contributed by atoms with Gasteiger partial charge < -0.3 is 19.2 Å². The zero-order valence-corrected chi connectivity index (χ0v) is 20.7. The highest BCUT2D eigenvalue weighted by atomic mass is 16.5. The van der Waals surface area contributed by atoms with Gasteiger partial charge in [-0.25, -0.2) is 0 Å². The van der Waals surface area contributed by atoms with Gasteiger partial charge in [0.2, 0.25) is 17.6 Å². The highest BCUT2D eigenvalue weighted by Gasteiger charge is 2.30. The van der Waals surface area contributed by atoms with Crippen LogP contribution >= 0.6 is 0 Å². The Morgan fingerprint density at radius 1 is 0.973 bits per heavy atom. The van der Waals surface area contributed by atoms with Crippen LogP contribution in [-0.4, -0.2) is 64.0 Å². The number of carbonyl (C=O) groups excluding carboxylic acids is 2. The quantitative estimate of drug-likeness (QED) is 0.397. The van der Waals surface area contributed by atoms with Crippen LogP contribution < -0.4 is 5.32 Å². The molecule has 3 heterocycles. The third-order valence-corrected chi connectivity index (χ3v) is 6.53. The molecule has 9 nitrogen and oxygen atoms in total. The molecule has 0 radical (unpaired) electrons. The predicted molar refractivity (Wildman–Crippen MR) is 136 cm³/mol. The number of aryl methyl sites for hydroxylation is 1. The van der Waals surface area contributed by atoms with Crippen LogP contribution in [0, 0.1) is 6.92 Å². The summed E-state index contributed by atoms with van der Waals surface area (Å²) in [7, 11) is 0. The van der Waals surface area contributed by atoms with Gasteiger partial charge in [0.05, 0.1) is 12.8 Å². The van der Waals surface area contributed by atoms with Crippen molar-refractivity contribution in [2.75, 3.05) is 26.2 Å². The Labute approximate surface area is 215 Å². The van der Waals surface area contributed by atoms with Crippen LogP contribution in [0.4, 0.5) is 0 Å². The SMILES string of the molecule is Cc1ccccc1-c1noc(CN2CCN(C(=O)C(Cc3ccccc3)NC(=O)c3ccco3)CC2)n1. The summed E-state index contributed by atoms with van der Waals surface area (Å²) >= 11 is 0. The van der Waals surface area contributed by atoms with Crippen LogP contribution in [0.3, 0.4) is 0 Å². The molecular formula is C28H29N5O4. The zero-order valence-electron chi connectivity index (χ0n) is 20.7. The minimum atomic E-state index is -0.695. The van der Waals surface area contributed by atoms with Gasteiger partial charge in [-0.3, -0.25) is 14.5 Å². The first-order chi connectivity index (χ1) is 18.1. The molecule has 2 aromatic carbocycles. The molecule has 1 unspecified atom stereocenters. The van der Waals surface area contributed by atoms with E-state index in [0.717, 1.165) is 16.7 Å². The van der Waals surface area contributed by atoms with Crippen molar-refractivity contribution in [3.63, 3.8) is 0 Å². The van der Waals surface area contributed by atoms with Crippen LogP contribution in [0.15, 0.2) is 81.9 Å². The summed E-state index contributed by atoms with van der Waals surface area (Å²) in [6.07, 6.45) is 1.84. The second kappa shape index (κ2) is 11.2. The van der Waals surface area contributed by atoms with Crippen molar-refractivity contribution >= 4 is 11.8 Å². The molecular weight excluding hydrogens is 470 g/mol. The number of furan rings is 1. The summed E-state index contributed by atoms with van der Waals surface area (Å²) in [4.78, 5) is 34.7.